The average Bonchev–Trinajstić information content (AvgIpc) is 2.29. The van der Waals surface area contributed by atoms with E-state index in [2.05, 4.69) is 6.92 Å². The van der Waals surface area contributed by atoms with Crippen LogP contribution in [0.25, 0.3) is 0 Å². The lowest BCUT2D eigenvalue weighted by Crippen LogP contribution is -2.46. The molecule has 4 nitrogen and oxygen atoms in total. The van der Waals surface area contributed by atoms with E-state index >= 15 is 0 Å². The number of amides is 1. The topological polar surface area (TPSA) is 72.4 Å². The predicted octanol–water partition coefficient (Wildman–Crippen LogP) is 2.67. The number of carbonyl (C=O) groups excluding carboxylic acids is 1. The molecule has 2 rings (SSSR count). The molecule has 104 valence electrons. The number of hydrogen-bond acceptors (Lipinski definition) is 3. The van der Waals surface area contributed by atoms with Crippen molar-refractivity contribution in [1.29, 1.82) is 0 Å². The number of rotatable bonds is 2. The summed E-state index contributed by atoms with van der Waals surface area (Å²) in [4.78, 5) is 13.4. The predicted molar refractivity (Wildman–Crippen MR) is 79.6 cm³/mol. The summed E-state index contributed by atoms with van der Waals surface area (Å²) < 4.78 is 0. The molecule has 0 spiro atoms. The normalized spacial score (nSPS) is 23.4. The number of primary amides is 1. The van der Waals surface area contributed by atoms with Crippen LogP contribution in [0.3, 0.4) is 0 Å². The molecule has 2 unspecified atom stereocenters. The Bertz CT molecular complexity index is 484. The van der Waals surface area contributed by atoms with Gasteiger partial charge >= 0.3 is 0 Å². The number of benzene rings is 1. The smallest absolute Gasteiger partial charge is 0.222 e. The molecule has 2 atom stereocenters. The molecule has 1 aromatic carbocycles. The fourth-order valence-corrected chi connectivity index (χ4v) is 3.23. The van der Waals surface area contributed by atoms with Crippen molar-refractivity contribution >= 4 is 40.5 Å². The zero-order chi connectivity index (χ0) is 14.2. The molecule has 19 heavy (non-hydrogen) atoms. The third kappa shape index (κ3) is 2.90. The first-order chi connectivity index (χ1) is 8.90. The Hall–Kier alpha value is -1.13. The second-order valence-electron chi connectivity index (χ2n) is 5.01. The van der Waals surface area contributed by atoms with E-state index in [1.807, 2.05) is 4.90 Å². The summed E-state index contributed by atoms with van der Waals surface area (Å²) in [5.41, 5.74) is 12.4. The summed E-state index contributed by atoms with van der Waals surface area (Å²) in [6.45, 7) is 2.63. The first-order valence-corrected chi connectivity index (χ1v) is 6.96. The highest BCUT2D eigenvalue weighted by atomic mass is 35.5. The van der Waals surface area contributed by atoms with Crippen LogP contribution in [0.15, 0.2) is 12.1 Å². The van der Waals surface area contributed by atoms with E-state index in [-0.39, 0.29) is 17.9 Å². The Morgan fingerprint density at radius 1 is 1.32 bits per heavy atom. The third-order valence-electron chi connectivity index (χ3n) is 3.61. The van der Waals surface area contributed by atoms with Crippen LogP contribution in [0, 0.1) is 5.92 Å². The summed E-state index contributed by atoms with van der Waals surface area (Å²) >= 11 is 12.5. The van der Waals surface area contributed by atoms with E-state index in [4.69, 9.17) is 34.7 Å². The molecule has 0 aromatic heterocycles. The fraction of sp³-hybridized carbons (Fsp3) is 0.462. The quantitative estimate of drug-likeness (QED) is 0.825. The second kappa shape index (κ2) is 5.47. The molecule has 1 fully saturated rings. The Kier molecular flexibility index (Phi) is 4.11. The minimum absolute atomic E-state index is 0.166. The van der Waals surface area contributed by atoms with Gasteiger partial charge in [-0.3, -0.25) is 4.79 Å². The van der Waals surface area contributed by atoms with Crippen molar-refractivity contribution in [2.45, 2.75) is 25.8 Å². The number of halogens is 2. The highest BCUT2D eigenvalue weighted by Gasteiger charge is 2.30. The van der Waals surface area contributed by atoms with Gasteiger partial charge in [-0.2, -0.15) is 0 Å². The molecule has 1 aliphatic rings. The van der Waals surface area contributed by atoms with Crippen LogP contribution in [0.1, 0.15) is 19.8 Å². The Balaban J connectivity index is 2.36. The lowest BCUT2D eigenvalue weighted by molar-refractivity contribution is -0.122. The van der Waals surface area contributed by atoms with Crippen molar-refractivity contribution in [1.82, 2.24) is 0 Å². The number of carbonyl (C=O) groups is 1. The molecule has 1 heterocycles. The maximum absolute atomic E-state index is 11.4. The summed E-state index contributed by atoms with van der Waals surface area (Å²) in [6, 6.07) is 3.60. The van der Waals surface area contributed by atoms with Gasteiger partial charge in [0, 0.05) is 18.3 Å². The van der Waals surface area contributed by atoms with Crippen molar-refractivity contribution in [3.63, 3.8) is 0 Å². The molecule has 1 saturated heterocycles. The van der Waals surface area contributed by atoms with Gasteiger partial charge in [-0.05, 0) is 31.9 Å². The van der Waals surface area contributed by atoms with Crippen LogP contribution in [-0.2, 0) is 4.79 Å². The zero-order valence-corrected chi connectivity index (χ0v) is 12.2. The lowest BCUT2D eigenvalue weighted by Gasteiger charge is -2.39. The third-order valence-corrected chi connectivity index (χ3v) is 4.19. The average molecular weight is 302 g/mol. The highest BCUT2D eigenvalue weighted by Crippen LogP contribution is 2.39. The van der Waals surface area contributed by atoms with Crippen LogP contribution in [0.5, 0.6) is 0 Å². The first kappa shape index (κ1) is 14.3. The van der Waals surface area contributed by atoms with Crippen LogP contribution in [-0.4, -0.2) is 18.5 Å². The van der Waals surface area contributed by atoms with E-state index in [1.54, 1.807) is 12.1 Å². The number of piperidine rings is 1. The van der Waals surface area contributed by atoms with Gasteiger partial charge in [0.1, 0.15) is 0 Å². The number of nitrogens with zero attached hydrogens (tertiary/aromatic N) is 1. The van der Waals surface area contributed by atoms with Gasteiger partial charge in [-0.15, -0.1) is 0 Å². The van der Waals surface area contributed by atoms with E-state index in [1.165, 1.54) is 0 Å². The van der Waals surface area contributed by atoms with Gasteiger partial charge in [-0.25, -0.2) is 0 Å². The summed E-state index contributed by atoms with van der Waals surface area (Å²) in [7, 11) is 0. The highest BCUT2D eigenvalue weighted by molar-refractivity contribution is 6.39. The Morgan fingerprint density at radius 3 is 2.42 bits per heavy atom. The van der Waals surface area contributed by atoms with Crippen molar-refractivity contribution in [3.8, 4) is 0 Å². The van der Waals surface area contributed by atoms with E-state index < -0.39 is 0 Å². The number of nitrogens with two attached hydrogens (primary N) is 2. The molecule has 0 aliphatic carbocycles. The molecule has 1 aromatic rings. The van der Waals surface area contributed by atoms with Crippen LogP contribution in [0.4, 0.5) is 11.4 Å². The van der Waals surface area contributed by atoms with Gasteiger partial charge in [-0.1, -0.05) is 23.2 Å². The molecule has 6 heteroatoms. The molecule has 0 bridgehead atoms. The Morgan fingerprint density at radius 2 is 1.89 bits per heavy atom. The van der Waals surface area contributed by atoms with Gasteiger partial charge in [0.15, 0.2) is 0 Å². The molecule has 0 saturated carbocycles. The van der Waals surface area contributed by atoms with Gasteiger partial charge in [0.25, 0.3) is 0 Å². The van der Waals surface area contributed by atoms with E-state index in [9.17, 15) is 4.79 Å². The zero-order valence-electron chi connectivity index (χ0n) is 10.7. The second-order valence-corrected chi connectivity index (χ2v) is 5.83. The van der Waals surface area contributed by atoms with Crippen LogP contribution in [0.2, 0.25) is 10.0 Å². The molecular weight excluding hydrogens is 285 g/mol. The largest absolute Gasteiger partial charge is 0.399 e. The van der Waals surface area contributed by atoms with Gasteiger partial charge in [0.05, 0.1) is 21.7 Å². The minimum atomic E-state index is -0.278. The maximum Gasteiger partial charge on any atom is 0.222 e. The van der Waals surface area contributed by atoms with Crippen molar-refractivity contribution in [3.05, 3.63) is 22.2 Å². The SMILES string of the molecule is CC1CCC(C(N)=O)CN1c1c(Cl)cc(N)cc1Cl. The van der Waals surface area contributed by atoms with E-state index in [0.717, 1.165) is 18.5 Å². The Labute approximate surface area is 122 Å². The van der Waals surface area contributed by atoms with Crippen molar-refractivity contribution in [2.75, 3.05) is 17.2 Å². The van der Waals surface area contributed by atoms with Crippen molar-refractivity contribution < 1.29 is 4.79 Å². The van der Waals surface area contributed by atoms with Gasteiger partial charge < -0.3 is 16.4 Å². The summed E-state index contributed by atoms with van der Waals surface area (Å²) in [6.07, 6.45) is 1.68. The number of nitrogen functional groups attached to an aromatic ring is 1. The lowest BCUT2D eigenvalue weighted by atomic mass is 9.92. The molecule has 1 aliphatic heterocycles. The molecule has 0 radical (unpaired) electrons. The van der Waals surface area contributed by atoms with Crippen LogP contribution < -0.4 is 16.4 Å². The summed E-state index contributed by atoms with van der Waals surface area (Å²) in [5.74, 6) is -0.444. The molecule has 1 amide bonds. The molecular formula is C13H17Cl2N3O. The maximum atomic E-state index is 11.4. The monoisotopic (exact) mass is 301 g/mol. The van der Waals surface area contributed by atoms with Crippen LogP contribution >= 0.6 is 23.2 Å². The number of hydrogen-bond donors (Lipinski definition) is 2. The first-order valence-electron chi connectivity index (χ1n) is 6.20. The van der Waals surface area contributed by atoms with E-state index in [0.29, 0.717) is 22.3 Å². The standard InChI is InChI=1S/C13H17Cl2N3O/c1-7-2-3-8(13(17)19)6-18(7)12-10(14)4-9(16)5-11(12)15/h4-5,7-8H,2-3,6,16H2,1H3,(H2,17,19). The molecule has 4 N–H and O–H groups in total. The van der Waals surface area contributed by atoms with Crippen molar-refractivity contribution in [2.24, 2.45) is 11.7 Å². The summed E-state index contributed by atoms with van der Waals surface area (Å²) in [5, 5.41) is 1.00. The minimum Gasteiger partial charge on any atom is -0.399 e. The fourth-order valence-electron chi connectivity index (χ4n) is 2.51. The number of anilines is 2. The van der Waals surface area contributed by atoms with Gasteiger partial charge in [0.2, 0.25) is 5.91 Å².